The molecule has 1 aromatic carbocycles. The number of carboxylic acid groups (broad SMARTS) is 1. The van der Waals surface area contributed by atoms with Crippen LogP contribution in [-0.4, -0.2) is 30.1 Å². The van der Waals surface area contributed by atoms with Crippen molar-refractivity contribution in [3.63, 3.8) is 0 Å². The number of ether oxygens (including phenoxy) is 1. The van der Waals surface area contributed by atoms with Crippen LogP contribution in [0.3, 0.4) is 0 Å². The van der Waals surface area contributed by atoms with Gasteiger partial charge in [-0.05, 0) is 36.6 Å². The molecule has 2 N–H and O–H groups in total. The van der Waals surface area contributed by atoms with Crippen molar-refractivity contribution in [2.75, 3.05) is 7.11 Å². The number of carbonyl (C=O) groups is 2. The Morgan fingerprint density at radius 2 is 1.95 bits per heavy atom. The second-order valence-electron chi connectivity index (χ2n) is 4.71. The van der Waals surface area contributed by atoms with E-state index in [0.717, 1.165) is 5.56 Å². The van der Waals surface area contributed by atoms with Crippen molar-refractivity contribution in [1.82, 2.24) is 5.32 Å². The SMILES string of the molecule is COc1ccc(C(=O)N[C@@H](C(=O)O)C(C)C)c(C)c1. The van der Waals surface area contributed by atoms with Crippen molar-refractivity contribution in [3.05, 3.63) is 29.3 Å². The quantitative estimate of drug-likeness (QED) is 0.851. The van der Waals surface area contributed by atoms with Crippen molar-refractivity contribution < 1.29 is 19.4 Å². The first-order chi connectivity index (χ1) is 8.86. The van der Waals surface area contributed by atoms with Crippen LogP contribution in [0.25, 0.3) is 0 Å². The molecule has 1 aromatic rings. The van der Waals surface area contributed by atoms with Gasteiger partial charge < -0.3 is 15.2 Å². The van der Waals surface area contributed by atoms with Gasteiger partial charge in [0.05, 0.1) is 7.11 Å². The number of hydrogen-bond donors (Lipinski definition) is 2. The zero-order chi connectivity index (χ0) is 14.6. The molecule has 0 saturated heterocycles. The third-order valence-corrected chi connectivity index (χ3v) is 2.90. The van der Waals surface area contributed by atoms with Crippen LogP contribution < -0.4 is 10.1 Å². The minimum atomic E-state index is -1.03. The lowest BCUT2D eigenvalue weighted by Crippen LogP contribution is -2.44. The fourth-order valence-electron chi connectivity index (χ4n) is 1.75. The zero-order valence-corrected chi connectivity index (χ0v) is 11.6. The maximum absolute atomic E-state index is 12.1. The van der Waals surface area contributed by atoms with E-state index in [1.807, 2.05) is 0 Å². The predicted octanol–water partition coefficient (Wildman–Crippen LogP) is 1.84. The second kappa shape index (κ2) is 6.22. The predicted molar refractivity (Wildman–Crippen MR) is 71.5 cm³/mol. The van der Waals surface area contributed by atoms with Crippen LogP contribution in [0.15, 0.2) is 18.2 Å². The molecule has 1 rings (SSSR count). The van der Waals surface area contributed by atoms with Gasteiger partial charge in [0.1, 0.15) is 11.8 Å². The van der Waals surface area contributed by atoms with E-state index in [1.54, 1.807) is 46.1 Å². The molecule has 1 atom stereocenters. The third-order valence-electron chi connectivity index (χ3n) is 2.90. The van der Waals surface area contributed by atoms with E-state index in [4.69, 9.17) is 9.84 Å². The Balaban J connectivity index is 2.91. The van der Waals surface area contributed by atoms with E-state index in [-0.39, 0.29) is 11.8 Å². The summed E-state index contributed by atoms with van der Waals surface area (Å²) >= 11 is 0. The Morgan fingerprint density at radius 1 is 1.32 bits per heavy atom. The minimum absolute atomic E-state index is 0.181. The van der Waals surface area contributed by atoms with Crippen LogP contribution in [0.5, 0.6) is 5.75 Å². The first-order valence-electron chi connectivity index (χ1n) is 6.05. The average Bonchev–Trinajstić information content (AvgIpc) is 2.34. The van der Waals surface area contributed by atoms with Gasteiger partial charge in [0, 0.05) is 5.56 Å². The Bertz CT molecular complexity index is 482. The van der Waals surface area contributed by atoms with Crippen LogP contribution in [0, 0.1) is 12.8 Å². The molecular weight excluding hydrogens is 246 g/mol. The molecule has 0 aliphatic heterocycles. The smallest absolute Gasteiger partial charge is 0.326 e. The summed E-state index contributed by atoms with van der Waals surface area (Å²) < 4.78 is 5.06. The topological polar surface area (TPSA) is 75.6 Å². The summed E-state index contributed by atoms with van der Waals surface area (Å²) in [6.07, 6.45) is 0. The van der Waals surface area contributed by atoms with Gasteiger partial charge in [-0.1, -0.05) is 13.8 Å². The van der Waals surface area contributed by atoms with Gasteiger partial charge in [0.25, 0.3) is 5.91 Å². The maximum atomic E-state index is 12.1. The number of carboxylic acids is 1. The summed E-state index contributed by atoms with van der Waals surface area (Å²) in [7, 11) is 1.55. The van der Waals surface area contributed by atoms with Crippen LogP contribution in [0.2, 0.25) is 0 Å². The average molecular weight is 265 g/mol. The molecule has 0 aromatic heterocycles. The van der Waals surface area contributed by atoms with Crippen LogP contribution >= 0.6 is 0 Å². The molecular formula is C14H19NO4. The van der Waals surface area contributed by atoms with E-state index < -0.39 is 12.0 Å². The Kier molecular flexibility index (Phi) is 4.92. The Hall–Kier alpha value is -2.04. The highest BCUT2D eigenvalue weighted by molar-refractivity contribution is 5.98. The van der Waals surface area contributed by atoms with E-state index >= 15 is 0 Å². The van der Waals surface area contributed by atoms with Gasteiger partial charge in [-0.3, -0.25) is 4.79 Å². The molecule has 1 amide bonds. The lowest BCUT2D eigenvalue weighted by molar-refractivity contribution is -0.140. The van der Waals surface area contributed by atoms with Crippen LogP contribution in [0.1, 0.15) is 29.8 Å². The van der Waals surface area contributed by atoms with Crippen LogP contribution in [0.4, 0.5) is 0 Å². The number of carbonyl (C=O) groups excluding carboxylic acids is 1. The number of hydrogen-bond acceptors (Lipinski definition) is 3. The van der Waals surface area contributed by atoms with Crippen molar-refractivity contribution >= 4 is 11.9 Å². The largest absolute Gasteiger partial charge is 0.497 e. The molecule has 0 saturated carbocycles. The van der Waals surface area contributed by atoms with E-state index in [9.17, 15) is 9.59 Å². The summed E-state index contributed by atoms with van der Waals surface area (Å²) in [5, 5.41) is 11.6. The fraction of sp³-hybridized carbons (Fsp3) is 0.429. The van der Waals surface area contributed by atoms with Crippen molar-refractivity contribution in [1.29, 1.82) is 0 Å². The molecule has 0 aliphatic carbocycles. The first-order valence-corrected chi connectivity index (χ1v) is 6.05. The normalized spacial score (nSPS) is 12.1. The molecule has 5 heteroatoms. The molecule has 5 nitrogen and oxygen atoms in total. The second-order valence-corrected chi connectivity index (χ2v) is 4.71. The van der Waals surface area contributed by atoms with Gasteiger partial charge in [0.2, 0.25) is 0 Å². The van der Waals surface area contributed by atoms with Gasteiger partial charge in [0.15, 0.2) is 0 Å². The maximum Gasteiger partial charge on any atom is 0.326 e. The molecule has 19 heavy (non-hydrogen) atoms. The molecule has 0 radical (unpaired) electrons. The van der Waals surface area contributed by atoms with Crippen molar-refractivity contribution in [2.45, 2.75) is 26.8 Å². The highest BCUT2D eigenvalue weighted by Gasteiger charge is 2.24. The highest BCUT2D eigenvalue weighted by Crippen LogP contribution is 2.17. The zero-order valence-electron chi connectivity index (χ0n) is 11.6. The van der Waals surface area contributed by atoms with Crippen molar-refractivity contribution in [2.24, 2.45) is 5.92 Å². The third kappa shape index (κ3) is 3.71. The number of amides is 1. The number of methoxy groups -OCH3 is 1. The molecule has 0 heterocycles. The van der Waals surface area contributed by atoms with Gasteiger partial charge in [-0.2, -0.15) is 0 Å². The number of aryl methyl sites for hydroxylation is 1. The van der Waals surface area contributed by atoms with Gasteiger partial charge >= 0.3 is 5.97 Å². The molecule has 104 valence electrons. The molecule has 0 spiro atoms. The summed E-state index contributed by atoms with van der Waals surface area (Å²) in [4.78, 5) is 23.1. The molecule has 0 bridgehead atoms. The number of aliphatic carboxylic acids is 1. The highest BCUT2D eigenvalue weighted by atomic mass is 16.5. The fourth-order valence-corrected chi connectivity index (χ4v) is 1.75. The summed E-state index contributed by atoms with van der Waals surface area (Å²) in [6, 6.07) is 4.14. The standard InChI is InChI=1S/C14H19NO4/c1-8(2)12(14(17)18)15-13(16)11-6-5-10(19-4)7-9(11)3/h5-8,12H,1-4H3,(H,15,16)(H,17,18)/t12-/m1/s1. The number of nitrogens with one attached hydrogen (secondary N) is 1. The van der Waals surface area contributed by atoms with Crippen LogP contribution in [-0.2, 0) is 4.79 Å². The molecule has 0 unspecified atom stereocenters. The molecule has 0 fully saturated rings. The Labute approximate surface area is 112 Å². The van der Waals surface area contributed by atoms with Crippen molar-refractivity contribution in [3.8, 4) is 5.75 Å². The van der Waals surface area contributed by atoms with E-state index in [2.05, 4.69) is 5.32 Å². The van der Waals surface area contributed by atoms with Gasteiger partial charge in [-0.15, -0.1) is 0 Å². The minimum Gasteiger partial charge on any atom is -0.497 e. The summed E-state index contributed by atoms with van der Waals surface area (Å²) in [5.74, 6) is -0.941. The summed E-state index contributed by atoms with van der Waals surface area (Å²) in [5.41, 5.74) is 1.19. The lowest BCUT2D eigenvalue weighted by Gasteiger charge is -2.18. The number of rotatable bonds is 5. The Morgan fingerprint density at radius 3 is 2.37 bits per heavy atom. The molecule has 0 aliphatic rings. The van der Waals surface area contributed by atoms with E-state index in [0.29, 0.717) is 11.3 Å². The monoisotopic (exact) mass is 265 g/mol. The lowest BCUT2D eigenvalue weighted by atomic mass is 10.0. The van der Waals surface area contributed by atoms with Gasteiger partial charge in [-0.25, -0.2) is 4.79 Å². The summed E-state index contributed by atoms with van der Waals surface area (Å²) in [6.45, 7) is 5.28. The van der Waals surface area contributed by atoms with E-state index in [1.165, 1.54) is 0 Å². The number of benzene rings is 1. The first kappa shape index (κ1) is 15.0.